The van der Waals surface area contributed by atoms with E-state index in [0.717, 1.165) is 22.8 Å². The second kappa shape index (κ2) is 7.52. The zero-order valence-electron chi connectivity index (χ0n) is 15.6. The SMILES string of the molecule is S=C1N[C@@H](c2ccccn2)[C@@H](c2cccn2-c2cccnc2)N1Cc1ccco1. The van der Waals surface area contributed by atoms with Crippen LogP contribution in [0.4, 0.5) is 0 Å². The first kappa shape index (κ1) is 17.6. The van der Waals surface area contributed by atoms with Gasteiger partial charge in [0.15, 0.2) is 5.11 Å². The number of nitrogens with zero attached hydrogens (tertiary/aromatic N) is 4. The molecule has 0 spiro atoms. The van der Waals surface area contributed by atoms with Crippen LogP contribution < -0.4 is 5.32 Å². The third-order valence-corrected chi connectivity index (χ3v) is 5.46. The summed E-state index contributed by atoms with van der Waals surface area (Å²) in [7, 11) is 0. The predicted octanol–water partition coefficient (Wildman–Crippen LogP) is 4.03. The van der Waals surface area contributed by atoms with E-state index in [1.807, 2.05) is 67.1 Å². The number of furan rings is 1. The van der Waals surface area contributed by atoms with E-state index >= 15 is 0 Å². The van der Waals surface area contributed by atoms with Gasteiger partial charge >= 0.3 is 0 Å². The maximum absolute atomic E-state index is 5.73. The van der Waals surface area contributed by atoms with Crippen LogP contribution in [0.15, 0.2) is 90.1 Å². The van der Waals surface area contributed by atoms with Gasteiger partial charge < -0.3 is 19.2 Å². The lowest BCUT2D eigenvalue weighted by Crippen LogP contribution is -2.29. The average molecular weight is 401 g/mol. The molecule has 1 N–H and O–H groups in total. The van der Waals surface area contributed by atoms with Crippen molar-refractivity contribution in [2.75, 3.05) is 0 Å². The molecule has 0 radical (unpaired) electrons. The Balaban J connectivity index is 1.61. The van der Waals surface area contributed by atoms with Crippen LogP contribution in [0.1, 0.15) is 29.2 Å². The molecule has 0 amide bonds. The van der Waals surface area contributed by atoms with Crippen LogP contribution in [0.3, 0.4) is 0 Å². The lowest BCUT2D eigenvalue weighted by Gasteiger charge is -2.28. The standard InChI is InChI=1S/C22H19N5OS/c29-22-25-20(18-8-1-2-11-24-18)21(27(22)15-17-7-5-13-28-17)19-9-4-12-26(19)16-6-3-10-23-14-16/h1-14,20-21H,15H2,(H,25,29)/t20-,21+/m0/s1. The van der Waals surface area contributed by atoms with Gasteiger partial charge in [0.2, 0.25) is 0 Å². The molecule has 1 saturated heterocycles. The monoisotopic (exact) mass is 401 g/mol. The lowest BCUT2D eigenvalue weighted by atomic mass is 10.0. The fourth-order valence-electron chi connectivity index (χ4n) is 3.83. The second-order valence-corrected chi connectivity index (χ2v) is 7.23. The van der Waals surface area contributed by atoms with Gasteiger partial charge in [0.25, 0.3) is 0 Å². The molecule has 1 aliphatic rings. The van der Waals surface area contributed by atoms with Gasteiger partial charge in [-0.25, -0.2) is 0 Å². The molecule has 144 valence electrons. The summed E-state index contributed by atoms with van der Waals surface area (Å²) in [5.74, 6) is 0.861. The molecule has 2 atom stereocenters. The topological polar surface area (TPSA) is 59.1 Å². The van der Waals surface area contributed by atoms with Crippen molar-refractivity contribution in [3.8, 4) is 5.69 Å². The van der Waals surface area contributed by atoms with Gasteiger partial charge in [0.05, 0.1) is 42.5 Å². The normalized spacial score (nSPS) is 18.8. The highest BCUT2D eigenvalue weighted by Gasteiger charge is 2.41. The highest BCUT2D eigenvalue weighted by molar-refractivity contribution is 7.80. The number of aromatic nitrogens is 3. The van der Waals surface area contributed by atoms with E-state index in [9.17, 15) is 0 Å². The van der Waals surface area contributed by atoms with Crippen LogP contribution in [0, 0.1) is 0 Å². The number of hydrogen-bond acceptors (Lipinski definition) is 4. The van der Waals surface area contributed by atoms with E-state index in [1.165, 1.54) is 0 Å². The lowest BCUT2D eigenvalue weighted by molar-refractivity contribution is 0.280. The second-order valence-electron chi connectivity index (χ2n) is 6.85. The summed E-state index contributed by atoms with van der Waals surface area (Å²) in [6.45, 7) is 0.574. The zero-order chi connectivity index (χ0) is 19.6. The van der Waals surface area contributed by atoms with E-state index < -0.39 is 0 Å². The van der Waals surface area contributed by atoms with Crippen LogP contribution in [0.25, 0.3) is 5.69 Å². The quantitative estimate of drug-likeness (QED) is 0.510. The van der Waals surface area contributed by atoms with Gasteiger partial charge in [-0.05, 0) is 60.7 Å². The van der Waals surface area contributed by atoms with E-state index in [-0.39, 0.29) is 12.1 Å². The summed E-state index contributed by atoms with van der Waals surface area (Å²) in [6, 6.07) is 17.8. The minimum absolute atomic E-state index is 0.0577. The molecule has 0 saturated carbocycles. The number of rotatable bonds is 5. The smallest absolute Gasteiger partial charge is 0.170 e. The van der Waals surface area contributed by atoms with Crippen molar-refractivity contribution in [2.24, 2.45) is 0 Å². The van der Waals surface area contributed by atoms with Gasteiger partial charge in [0.1, 0.15) is 5.76 Å². The molecule has 0 bridgehead atoms. The van der Waals surface area contributed by atoms with Crippen LogP contribution >= 0.6 is 12.2 Å². The fraction of sp³-hybridized carbons (Fsp3) is 0.136. The number of pyridine rings is 2. The first-order valence-electron chi connectivity index (χ1n) is 9.39. The molecule has 4 aromatic rings. The molecule has 1 fully saturated rings. The Hall–Kier alpha value is -3.45. The Labute approximate surface area is 173 Å². The summed E-state index contributed by atoms with van der Waals surface area (Å²) in [6.07, 6.45) is 9.18. The summed E-state index contributed by atoms with van der Waals surface area (Å²) in [4.78, 5) is 11.0. The molecule has 7 heteroatoms. The Morgan fingerprint density at radius 2 is 2.00 bits per heavy atom. The molecule has 0 aliphatic carbocycles. The van der Waals surface area contributed by atoms with Crippen molar-refractivity contribution < 1.29 is 4.42 Å². The zero-order valence-corrected chi connectivity index (χ0v) is 16.4. The largest absolute Gasteiger partial charge is 0.467 e. The average Bonchev–Trinajstić information content (AvgIpc) is 3.51. The first-order chi connectivity index (χ1) is 14.3. The molecule has 0 unspecified atom stereocenters. The maximum atomic E-state index is 5.73. The highest BCUT2D eigenvalue weighted by atomic mass is 32.1. The number of nitrogens with one attached hydrogen (secondary N) is 1. The van der Waals surface area contributed by atoms with Crippen molar-refractivity contribution in [1.29, 1.82) is 0 Å². The predicted molar refractivity (Wildman–Crippen MR) is 113 cm³/mol. The Bertz CT molecular complexity index is 1090. The van der Waals surface area contributed by atoms with Crippen molar-refractivity contribution in [1.82, 2.24) is 24.8 Å². The van der Waals surface area contributed by atoms with Gasteiger partial charge in [-0.1, -0.05) is 6.07 Å². The molecule has 6 nitrogen and oxygen atoms in total. The summed E-state index contributed by atoms with van der Waals surface area (Å²) >= 11 is 5.73. The Morgan fingerprint density at radius 3 is 2.76 bits per heavy atom. The Morgan fingerprint density at radius 1 is 1.03 bits per heavy atom. The third kappa shape index (κ3) is 3.30. The molecule has 1 aliphatic heterocycles. The van der Waals surface area contributed by atoms with Crippen molar-refractivity contribution in [3.05, 3.63) is 103 Å². The van der Waals surface area contributed by atoms with Crippen molar-refractivity contribution >= 4 is 17.3 Å². The summed E-state index contributed by atoms with van der Waals surface area (Å²) in [5, 5.41) is 4.16. The first-order valence-corrected chi connectivity index (χ1v) is 9.80. The molecular weight excluding hydrogens is 382 g/mol. The molecule has 29 heavy (non-hydrogen) atoms. The van der Waals surface area contributed by atoms with Crippen LogP contribution in [-0.4, -0.2) is 24.5 Å². The van der Waals surface area contributed by atoms with Crippen molar-refractivity contribution in [3.63, 3.8) is 0 Å². The summed E-state index contributed by atoms with van der Waals surface area (Å²) < 4.78 is 7.75. The number of hydrogen-bond donors (Lipinski definition) is 1. The van der Waals surface area contributed by atoms with Crippen molar-refractivity contribution in [2.45, 2.75) is 18.6 Å². The van der Waals surface area contributed by atoms with Gasteiger partial charge in [-0.3, -0.25) is 9.97 Å². The molecular formula is C22H19N5OS. The molecule has 5 rings (SSSR count). The van der Waals surface area contributed by atoms with Crippen LogP contribution in [0.2, 0.25) is 0 Å². The molecule has 4 aromatic heterocycles. The van der Waals surface area contributed by atoms with Gasteiger partial charge in [-0.15, -0.1) is 0 Å². The van der Waals surface area contributed by atoms with E-state index in [1.54, 1.807) is 12.5 Å². The Kier molecular flexibility index (Phi) is 4.57. The summed E-state index contributed by atoms with van der Waals surface area (Å²) in [5.41, 5.74) is 3.05. The van der Waals surface area contributed by atoms with E-state index in [2.05, 4.69) is 30.8 Å². The third-order valence-electron chi connectivity index (χ3n) is 5.11. The van der Waals surface area contributed by atoms with E-state index in [0.29, 0.717) is 11.7 Å². The van der Waals surface area contributed by atoms with Gasteiger partial charge in [0, 0.05) is 24.3 Å². The molecule has 5 heterocycles. The van der Waals surface area contributed by atoms with E-state index in [4.69, 9.17) is 16.6 Å². The van der Waals surface area contributed by atoms with Crippen LogP contribution in [-0.2, 0) is 6.54 Å². The molecule has 0 aromatic carbocycles. The van der Waals surface area contributed by atoms with Gasteiger partial charge in [-0.2, -0.15) is 0 Å². The fourth-order valence-corrected chi connectivity index (χ4v) is 4.14. The minimum Gasteiger partial charge on any atom is -0.467 e. The minimum atomic E-state index is -0.0796. The highest BCUT2D eigenvalue weighted by Crippen LogP contribution is 2.40. The maximum Gasteiger partial charge on any atom is 0.170 e. The number of thiocarbonyl (C=S) groups is 1. The van der Waals surface area contributed by atoms with Crippen LogP contribution in [0.5, 0.6) is 0 Å².